The molecule has 0 aliphatic carbocycles. The number of rotatable bonds is 4. The number of carbonyl (C=O) groups is 2. The van der Waals surface area contributed by atoms with Gasteiger partial charge in [0.1, 0.15) is 0 Å². The Morgan fingerprint density at radius 2 is 1.37 bits per heavy atom. The summed E-state index contributed by atoms with van der Waals surface area (Å²) >= 11 is 0. The van der Waals surface area contributed by atoms with Crippen LogP contribution in [0.3, 0.4) is 0 Å². The van der Waals surface area contributed by atoms with Gasteiger partial charge in [-0.1, -0.05) is 0 Å². The molecule has 0 aliphatic heterocycles. The van der Waals surface area contributed by atoms with Gasteiger partial charge in [0.05, 0.1) is 0 Å². The van der Waals surface area contributed by atoms with Gasteiger partial charge in [0.25, 0.3) is 0 Å². The number of halogens is 6. The molecule has 0 aliphatic rings. The zero-order valence-electron chi connectivity index (χ0n) is 9.39. The van der Waals surface area contributed by atoms with Gasteiger partial charge in [0.15, 0.2) is 13.2 Å². The van der Waals surface area contributed by atoms with Crippen LogP contribution in [0.5, 0.6) is 0 Å². The molecule has 110 valence electrons. The molecule has 0 radical (unpaired) electrons. The van der Waals surface area contributed by atoms with E-state index in [1.54, 1.807) is 0 Å². The van der Waals surface area contributed by atoms with Crippen molar-refractivity contribution < 1.29 is 45.4 Å². The molecule has 0 unspecified atom stereocenters. The molecule has 19 heavy (non-hydrogen) atoms. The van der Waals surface area contributed by atoms with Crippen LogP contribution in [-0.4, -0.2) is 37.5 Å². The summed E-state index contributed by atoms with van der Waals surface area (Å²) in [7, 11) is 0. The predicted octanol–water partition coefficient (Wildman–Crippen LogP) is 2.14. The number of hydrogen-bond acceptors (Lipinski definition) is 4. The molecule has 0 spiro atoms. The lowest BCUT2D eigenvalue weighted by atomic mass is 10.3. The SMILES string of the molecule is C/C(=C/C(=O)OCC(F)(F)F)C(=O)OCC(F)(F)F. The zero-order chi connectivity index (χ0) is 15.3. The summed E-state index contributed by atoms with van der Waals surface area (Å²) in [6, 6.07) is 0. The fourth-order valence-electron chi connectivity index (χ4n) is 0.692. The summed E-state index contributed by atoms with van der Waals surface area (Å²) in [6.07, 6.45) is -9.18. The van der Waals surface area contributed by atoms with Crippen LogP contribution in [0.1, 0.15) is 6.92 Å². The molecule has 0 bridgehead atoms. The summed E-state index contributed by atoms with van der Waals surface area (Å²) < 4.78 is 77.4. The van der Waals surface area contributed by atoms with Gasteiger partial charge in [0, 0.05) is 11.6 Å². The molecule has 0 saturated carbocycles. The first kappa shape index (κ1) is 17.3. The van der Waals surface area contributed by atoms with E-state index in [1.807, 2.05) is 0 Å². The fraction of sp³-hybridized carbons (Fsp3) is 0.556. The Balaban J connectivity index is 4.31. The minimum atomic E-state index is -4.74. The van der Waals surface area contributed by atoms with Gasteiger partial charge in [-0.15, -0.1) is 0 Å². The molecule has 0 N–H and O–H groups in total. The maximum absolute atomic E-state index is 11.7. The highest BCUT2D eigenvalue weighted by molar-refractivity contribution is 5.95. The molecular formula is C9H8F6O4. The van der Waals surface area contributed by atoms with E-state index >= 15 is 0 Å². The Morgan fingerprint density at radius 3 is 1.79 bits per heavy atom. The molecule has 0 fully saturated rings. The van der Waals surface area contributed by atoms with Crippen molar-refractivity contribution in [2.24, 2.45) is 0 Å². The largest absolute Gasteiger partial charge is 0.453 e. The second kappa shape index (κ2) is 6.43. The third-order valence-corrected chi connectivity index (χ3v) is 1.40. The lowest BCUT2D eigenvalue weighted by molar-refractivity contribution is -0.184. The maximum atomic E-state index is 11.7. The van der Waals surface area contributed by atoms with Gasteiger partial charge in [-0.3, -0.25) is 0 Å². The van der Waals surface area contributed by atoms with Crippen LogP contribution >= 0.6 is 0 Å². The van der Waals surface area contributed by atoms with Crippen molar-refractivity contribution in [3.8, 4) is 0 Å². The van der Waals surface area contributed by atoms with Crippen LogP contribution < -0.4 is 0 Å². The first-order valence-electron chi connectivity index (χ1n) is 4.56. The van der Waals surface area contributed by atoms with Gasteiger partial charge in [-0.05, 0) is 6.92 Å². The quantitative estimate of drug-likeness (QED) is 0.453. The normalized spacial score (nSPS) is 13.1. The highest BCUT2D eigenvalue weighted by Crippen LogP contribution is 2.16. The van der Waals surface area contributed by atoms with Crippen LogP contribution in [0.2, 0.25) is 0 Å². The molecule has 10 heteroatoms. The molecule has 0 aromatic heterocycles. The Hall–Kier alpha value is -1.74. The van der Waals surface area contributed by atoms with Gasteiger partial charge >= 0.3 is 24.3 Å². The zero-order valence-corrected chi connectivity index (χ0v) is 9.39. The third-order valence-electron chi connectivity index (χ3n) is 1.40. The van der Waals surface area contributed by atoms with Crippen molar-refractivity contribution in [2.75, 3.05) is 13.2 Å². The van der Waals surface area contributed by atoms with E-state index in [2.05, 4.69) is 9.47 Å². The summed E-state index contributed by atoms with van der Waals surface area (Å²) in [4.78, 5) is 21.7. The van der Waals surface area contributed by atoms with E-state index in [-0.39, 0.29) is 0 Å². The van der Waals surface area contributed by atoms with E-state index < -0.39 is 43.1 Å². The average molecular weight is 294 g/mol. The van der Waals surface area contributed by atoms with Crippen LogP contribution in [0, 0.1) is 0 Å². The number of esters is 2. The van der Waals surface area contributed by atoms with Crippen molar-refractivity contribution in [1.82, 2.24) is 0 Å². The standard InChI is InChI=1S/C9H8F6O4/c1-5(7(17)19-4-9(13,14)15)2-6(16)18-3-8(10,11)12/h2H,3-4H2,1H3/b5-2-. The van der Waals surface area contributed by atoms with Gasteiger partial charge in [0.2, 0.25) is 0 Å². The topological polar surface area (TPSA) is 52.6 Å². The van der Waals surface area contributed by atoms with E-state index in [0.29, 0.717) is 6.08 Å². The first-order valence-corrected chi connectivity index (χ1v) is 4.56. The van der Waals surface area contributed by atoms with Crippen molar-refractivity contribution in [3.63, 3.8) is 0 Å². The Labute approximate surface area is 103 Å². The molecule has 0 heterocycles. The number of carbonyl (C=O) groups excluding carboxylic acids is 2. The molecule has 0 amide bonds. The van der Waals surface area contributed by atoms with Crippen LogP contribution in [0.4, 0.5) is 26.3 Å². The third kappa shape index (κ3) is 9.92. The summed E-state index contributed by atoms with van der Waals surface area (Å²) in [5, 5.41) is 0. The molecule has 4 nitrogen and oxygen atoms in total. The molecule has 0 rings (SSSR count). The summed E-state index contributed by atoms with van der Waals surface area (Å²) in [5.41, 5.74) is -0.614. The molecule has 0 aromatic rings. The number of alkyl halides is 6. The first-order chi connectivity index (χ1) is 8.41. The lowest BCUT2D eigenvalue weighted by Crippen LogP contribution is -2.22. The summed E-state index contributed by atoms with van der Waals surface area (Å²) in [6.45, 7) is -2.84. The summed E-state index contributed by atoms with van der Waals surface area (Å²) in [5.74, 6) is -3.00. The van der Waals surface area contributed by atoms with Crippen molar-refractivity contribution in [2.45, 2.75) is 19.3 Å². The van der Waals surface area contributed by atoms with E-state index in [9.17, 15) is 35.9 Å². The fourth-order valence-corrected chi connectivity index (χ4v) is 0.692. The Morgan fingerprint density at radius 1 is 0.947 bits per heavy atom. The highest BCUT2D eigenvalue weighted by atomic mass is 19.4. The molecule has 0 saturated heterocycles. The van der Waals surface area contributed by atoms with Crippen molar-refractivity contribution >= 4 is 11.9 Å². The second-order valence-electron chi connectivity index (χ2n) is 3.24. The average Bonchev–Trinajstić information content (AvgIpc) is 2.21. The minimum absolute atomic E-state index is 0.310. The van der Waals surface area contributed by atoms with Crippen molar-refractivity contribution in [1.29, 1.82) is 0 Å². The molecular weight excluding hydrogens is 286 g/mol. The predicted molar refractivity (Wildman–Crippen MR) is 47.8 cm³/mol. The minimum Gasteiger partial charge on any atom is -0.453 e. The van der Waals surface area contributed by atoms with Gasteiger partial charge in [-0.25, -0.2) is 9.59 Å². The van der Waals surface area contributed by atoms with Crippen LogP contribution in [0.15, 0.2) is 11.6 Å². The maximum Gasteiger partial charge on any atom is 0.422 e. The lowest BCUT2D eigenvalue weighted by Gasteiger charge is -2.08. The molecule has 0 aromatic carbocycles. The van der Waals surface area contributed by atoms with E-state index in [0.717, 1.165) is 6.92 Å². The second-order valence-corrected chi connectivity index (χ2v) is 3.24. The van der Waals surface area contributed by atoms with Gasteiger partial charge in [-0.2, -0.15) is 26.3 Å². The number of hydrogen-bond donors (Lipinski definition) is 0. The monoisotopic (exact) mass is 294 g/mol. The van der Waals surface area contributed by atoms with Crippen LogP contribution in [0.25, 0.3) is 0 Å². The Bertz CT molecular complexity index is 368. The molecule has 0 atom stereocenters. The number of ether oxygens (including phenoxy) is 2. The van der Waals surface area contributed by atoms with E-state index in [4.69, 9.17) is 0 Å². The smallest absolute Gasteiger partial charge is 0.422 e. The van der Waals surface area contributed by atoms with Crippen LogP contribution in [-0.2, 0) is 19.1 Å². The van der Waals surface area contributed by atoms with Crippen molar-refractivity contribution in [3.05, 3.63) is 11.6 Å². The van der Waals surface area contributed by atoms with Gasteiger partial charge < -0.3 is 9.47 Å². The van der Waals surface area contributed by atoms with E-state index in [1.165, 1.54) is 0 Å². The Kier molecular flexibility index (Phi) is 5.84. The highest BCUT2D eigenvalue weighted by Gasteiger charge is 2.30.